The Hall–Kier alpha value is -0.139. The molecule has 0 spiro atoms. The fraction of sp³-hybridized carbons (Fsp3) is 0.500. The lowest BCUT2D eigenvalue weighted by molar-refractivity contribution is -0.187. The number of rotatable bonds is 6. The van der Waals surface area contributed by atoms with Gasteiger partial charge in [-0.2, -0.15) is 0 Å². The van der Waals surface area contributed by atoms with Crippen molar-refractivity contribution >= 4 is 35.2 Å². The van der Waals surface area contributed by atoms with E-state index in [-0.39, 0.29) is 5.41 Å². The van der Waals surface area contributed by atoms with E-state index in [0.717, 1.165) is 0 Å². The average Bonchev–Trinajstić information content (AvgIpc) is 2.27. The van der Waals surface area contributed by atoms with Crippen LogP contribution < -0.4 is 0 Å². The highest BCUT2D eigenvalue weighted by Crippen LogP contribution is 2.06. The van der Waals surface area contributed by atoms with Crippen LogP contribution in [0.2, 0.25) is 0 Å². The molecule has 0 aromatic rings. The van der Waals surface area contributed by atoms with Crippen LogP contribution in [0.25, 0.3) is 0 Å². The van der Waals surface area contributed by atoms with Crippen molar-refractivity contribution in [1.29, 1.82) is 0 Å². The van der Waals surface area contributed by atoms with Crippen LogP contribution in [0.3, 0.4) is 0 Å². The van der Waals surface area contributed by atoms with Crippen molar-refractivity contribution in [2.45, 2.75) is 0 Å². The second-order valence-corrected chi connectivity index (χ2v) is 5.15. The number of hydrogen-bond acceptors (Lipinski definition) is 6. The maximum Gasteiger partial charge on any atom is 0.706 e. The minimum atomic E-state index is -2.90. The van der Waals surface area contributed by atoms with Crippen molar-refractivity contribution in [3.05, 3.63) is 12.7 Å². The van der Waals surface area contributed by atoms with E-state index in [1.54, 1.807) is 0 Å². The number of allylic oxidation sites excluding steroid dienone is 1. The minimum Gasteiger partial charge on any atom is -0.353 e. The van der Waals surface area contributed by atoms with Crippen LogP contribution in [0.4, 0.5) is 0 Å². The average molecular weight is 267 g/mol. The molecule has 0 atom stereocenters. The van der Waals surface area contributed by atoms with Crippen LogP contribution in [0.1, 0.15) is 0 Å². The first-order valence-electron chi connectivity index (χ1n) is 3.77. The molecule has 3 radical (unpaired) electrons. The van der Waals surface area contributed by atoms with Gasteiger partial charge in [0.15, 0.2) is 10.5 Å². The summed E-state index contributed by atoms with van der Waals surface area (Å²) in [6, 6.07) is 0. The van der Waals surface area contributed by atoms with E-state index in [2.05, 4.69) is 21.4 Å². The summed E-state index contributed by atoms with van der Waals surface area (Å²) in [4.78, 5) is 9.61. The van der Waals surface area contributed by atoms with Gasteiger partial charge in [0.25, 0.3) is 0 Å². The number of carbonyl (C=O) groups is 1. The molecule has 87 valence electrons. The van der Waals surface area contributed by atoms with E-state index < -0.39 is 9.05 Å². The topological polar surface area (TPSA) is 63.2 Å². The van der Waals surface area contributed by atoms with Crippen LogP contribution in [-0.2, 0) is 27.2 Å². The zero-order chi connectivity index (χ0) is 12.3. The summed E-state index contributed by atoms with van der Waals surface area (Å²) in [5.41, 5.74) is 0. The molecule has 9 heteroatoms. The largest absolute Gasteiger partial charge is 0.706 e. The molecule has 0 aromatic carbocycles. The van der Waals surface area contributed by atoms with Crippen molar-refractivity contribution in [3.8, 4) is 0 Å². The van der Waals surface area contributed by atoms with Crippen molar-refractivity contribution in [2.24, 2.45) is 0 Å². The molecule has 0 aliphatic rings. The Labute approximate surface area is 96.9 Å². The first-order chi connectivity index (χ1) is 7.01. The third kappa shape index (κ3) is 8.83. The van der Waals surface area contributed by atoms with Gasteiger partial charge >= 0.3 is 9.05 Å². The van der Waals surface area contributed by atoms with E-state index in [0.29, 0.717) is 10.5 Å². The maximum absolute atomic E-state index is 9.61. The van der Waals surface area contributed by atoms with E-state index in [1.807, 2.05) is 0 Å². The molecule has 6 nitrogen and oxygen atoms in total. The minimum absolute atomic E-state index is 0.176. The summed E-state index contributed by atoms with van der Waals surface area (Å²) in [6.45, 7) is 3.16. The van der Waals surface area contributed by atoms with Gasteiger partial charge in [-0.25, -0.2) is 4.58 Å². The molecule has 0 bridgehead atoms. The Bertz CT molecular complexity index is 175. The molecule has 0 aromatic heterocycles. The normalized spacial score (nSPS) is 10.4. The first-order valence-corrected chi connectivity index (χ1v) is 6.72. The van der Waals surface area contributed by atoms with Crippen LogP contribution in [-0.4, -0.2) is 56.5 Å². The van der Waals surface area contributed by atoms with Gasteiger partial charge in [0.2, 0.25) is 0 Å². The van der Waals surface area contributed by atoms with Gasteiger partial charge in [-0.15, -0.1) is 0 Å². The van der Waals surface area contributed by atoms with Gasteiger partial charge in [-0.1, -0.05) is 6.58 Å². The van der Waals surface area contributed by atoms with Crippen molar-refractivity contribution in [1.82, 2.24) is 0 Å². The molecule has 0 rings (SSSR count). The van der Waals surface area contributed by atoms with Crippen LogP contribution in [0, 0.1) is 0 Å². The predicted octanol–water partition coefficient (Wildman–Crippen LogP) is -1.54. The van der Waals surface area contributed by atoms with Gasteiger partial charge in [0, 0.05) is 21.3 Å². The Morgan fingerprint density at radius 3 is 1.73 bits per heavy atom. The van der Waals surface area contributed by atoms with Gasteiger partial charge < -0.3 is 22.6 Å². The first kappa shape index (κ1) is 17.3. The van der Waals surface area contributed by atoms with Crippen molar-refractivity contribution in [2.75, 3.05) is 21.3 Å². The molecule has 0 saturated heterocycles. The fourth-order valence-corrected chi connectivity index (χ4v) is 1.97. The Morgan fingerprint density at radius 2 is 1.67 bits per heavy atom. The molecule has 0 saturated carbocycles. The van der Waals surface area contributed by atoms with E-state index in [4.69, 9.17) is 17.9 Å². The van der Waals surface area contributed by atoms with E-state index in [9.17, 15) is 4.79 Å². The van der Waals surface area contributed by atoms with Crippen molar-refractivity contribution < 1.29 is 27.2 Å². The highest BCUT2D eigenvalue weighted by atomic mass is 28.4. The summed E-state index contributed by atoms with van der Waals surface area (Å²) in [6.07, 6.45) is 1.19. The van der Waals surface area contributed by atoms with Gasteiger partial charge in [0.1, 0.15) is 15.6 Å². The van der Waals surface area contributed by atoms with Crippen LogP contribution in [0.15, 0.2) is 12.7 Å². The summed E-state index contributed by atoms with van der Waals surface area (Å²) < 4.78 is 23.8. The zero-order valence-electron chi connectivity index (χ0n) is 9.23. The van der Waals surface area contributed by atoms with Crippen LogP contribution >= 0.6 is 0 Å². The summed E-state index contributed by atoms with van der Waals surface area (Å²) >= 11 is 0. The molecular weight excluding hydrogens is 252 g/mol. The molecule has 0 aliphatic carbocycles. The molecule has 0 amide bonds. The summed E-state index contributed by atoms with van der Waals surface area (Å²) in [7, 11) is 4.54. The molecule has 0 unspecified atom stereocenters. The zero-order valence-corrected chi connectivity index (χ0v) is 13.2. The van der Waals surface area contributed by atoms with Crippen molar-refractivity contribution in [3.63, 3.8) is 0 Å². The maximum atomic E-state index is 9.61. The van der Waals surface area contributed by atoms with Gasteiger partial charge in [0.05, 0.1) is 0 Å². The number of hydrogen-bond donors (Lipinski definition) is 0. The molecular formula is C6H15O6Si3. The SMILES string of the molecule is C=CC(=O)[Si].CO[Si](OC)(OC)OO[SiH3]. The summed E-state index contributed by atoms with van der Waals surface area (Å²) in [5, 5.41) is -0.176. The third-order valence-electron chi connectivity index (χ3n) is 1.12. The smallest absolute Gasteiger partial charge is 0.353 e. The third-order valence-corrected chi connectivity index (χ3v) is 3.70. The lowest BCUT2D eigenvalue weighted by atomic mass is 10.7. The summed E-state index contributed by atoms with van der Waals surface area (Å²) in [5.74, 6) is 0. The van der Waals surface area contributed by atoms with Crippen LogP contribution in [0.5, 0.6) is 0 Å². The molecule has 0 N–H and O–H groups in total. The monoisotopic (exact) mass is 267 g/mol. The highest BCUT2D eigenvalue weighted by molar-refractivity contribution is 6.60. The Morgan fingerprint density at radius 1 is 1.33 bits per heavy atom. The van der Waals surface area contributed by atoms with Gasteiger partial charge in [-0.3, -0.25) is 0 Å². The second kappa shape index (κ2) is 10.4. The lowest BCUT2D eigenvalue weighted by Gasteiger charge is -2.20. The Kier molecular flexibility index (Phi) is 11.9. The van der Waals surface area contributed by atoms with E-state index in [1.165, 1.54) is 27.4 Å². The van der Waals surface area contributed by atoms with Gasteiger partial charge in [-0.05, 0) is 6.08 Å². The number of carbonyl (C=O) groups excluding carboxylic acids is 1. The molecule has 15 heavy (non-hydrogen) atoms. The quantitative estimate of drug-likeness (QED) is 0.251. The van der Waals surface area contributed by atoms with E-state index >= 15 is 0 Å². The highest BCUT2D eigenvalue weighted by Gasteiger charge is 2.43. The molecule has 0 heterocycles. The fourth-order valence-electron chi connectivity index (χ4n) is 0.454. The second-order valence-electron chi connectivity index (χ2n) is 1.93. The Balaban J connectivity index is 0. The standard InChI is InChI=1S/C3H12O5Si2.C3H3OSi/c1-4-10(5-2,6-3)8-7-9;1-2-3(4)5/h1-3,9H3;2H,1H2. The predicted molar refractivity (Wildman–Crippen MR) is 59.8 cm³/mol. The lowest BCUT2D eigenvalue weighted by Crippen LogP contribution is -2.46. The molecule has 0 aliphatic heterocycles. The molecule has 0 fully saturated rings.